The standard InChI is InChI=1S/C17H24F3N3O/c1-2-21-16(22-9-8-15-7-4-10-24-15)23-12-13-5-3-6-14(11-13)17(18,19)20/h3,5-6,11,15H,2,4,7-10,12H2,1H3,(H2,21,22,23). The smallest absolute Gasteiger partial charge is 0.378 e. The number of nitrogens with zero attached hydrogens (tertiary/aromatic N) is 1. The summed E-state index contributed by atoms with van der Waals surface area (Å²) in [6.07, 6.45) is -0.949. The molecule has 24 heavy (non-hydrogen) atoms. The Balaban J connectivity index is 1.89. The van der Waals surface area contributed by atoms with Crippen LogP contribution in [0.4, 0.5) is 13.2 Å². The monoisotopic (exact) mass is 343 g/mol. The Morgan fingerprint density at radius 3 is 2.83 bits per heavy atom. The third kappa shape index (κ3) is 6.03. The summed E-state index contributed by atoms with van der Waals surface area (Å²) < 4.78 is 43.8. The van der Waals surface area contributed by atoms with E-state index in [1.165, 1.54) is 6.07 Å². The van der Waals surface area contributed by atoms with Crippen LogP contribution in [0.25, 0.3) is 0 Å². The van der Waals surface area contributed by atoms with E-state index >= 15 is 0 Å². The molecule has 0 bridgehead atoms. The number of halogens is 3. The van der Waals surface area contributed by atoms with Gasteiger partial charge in [0.15, 0.2) is 5.96 Å². The maximum absolute atomic E-state index is 12.7. The second-order valence-electron chi connectivity index (χ2n) is 5.74. The molecule has 2 rings (SSSR count). The summed E-state index contributed by atoms with van der Waals surface area (Å²) in [4.78, 5) is 4.36. The molecule has 2 N–H and O–H groups in total. The van der Waals surface area contributed by atoms with Crippen LogP contribution < -0.4 is 10.6 Å². The number of benzene rings is 1. The van der Waals surface area contributed by atoms with Gasteiger partial charge in [-0.05, 0) is 43.9 Å². The predicted molar refractivity (Wildman–Crippen MR) is 87.9 cm³/mol. The van der Waals surface area contributed by atoms with Gasteiger partial charge in [0.2, 0.25) is 0 Å². The van der Waals surface area contributed by atoms with Gasteiger partial charge in [-0.15, -0.1) is 0 Å². The molecule has 0 aromatic heterocycles. The number of aliphatic imine (C=N–C) groups is 1. The molecular weight excluding hydrogens is 319 g/mol. The average molecular weight is 343 g/mol. The molecule has 7 heteroatoms. The van der Waals surface area contributed by atoms with Crippen molar-refractivity contribution >= 4 is 5.96 Å². The summed E-state index contributed by atoms with van der Waals surface area (Å²) in [6, 6.07) is 5.26. The summed E-state index contributed by atoms with van der Waals surface area (Å²) in [6.45, 7) is 4.38. The Kier molecular flexibility index (Phi) is 6.90. The van der Waals surface area contributed by atoms with E-state index in [1.54, 1.807) is 6.07 Å². The van der Waals surface area contributed by atoms with E-state index in [0.29, 0.717) is 24.2 Å². The van der Waals surface area contributed by atoms with Crippen molar-refractivity contribution in [1.29, 1.82) is 0 Å². The quantitative estimate of drug-likeness (QED) is 0.615. The van der Waals surface area contributed by atoms with Gasteiger partial charge in [0.25, 0.3) is 0 Å². The van der Waals surface area contributed by atoms with Gasteiger partial charge in [-0.2, -0.15) is 13.2 Å². The SMILES string of the molecule is CCNC(=NCc1cccc(C(F)(F)F)c1)NCCC1CCCO1. The van der Waals surface area contributed by atoms with Crippen LogP contribution in [0.3, 0.4) is 0 Å². The van der Waals surface area contributed by atoms with Crippen molar-refractivity contribution in [2.24, 2.45) is 4.99 Å². The lowest BCUT2D eigenvalue weighted by Gasteiger charge is -2.14. The highest BCUT2D eigenvalue weighted by Gasteiger charge is 2.30. The van der Waals surface area contributed by atoms with Gasteiger partial charge in [0.05, 0.1) is 18.2 Å². The van der Waals surface area contributed by atoms with Crippen LogP contribution >= 0.6 is 0 Å². The van der Waals surface area contributed by atoms with Crippen molar-refractivity contribution in [3.63, 3.8) is 0 Å². The highest BCUT2D eigenvalue weighted by atomic mass is 19.4. The van der Waals surface area contributed by atoms with E-state index in [1.807, 2.05) is 6.92 Å². The molecule has 1 unspecified atom stereocenters. The van der Waals surface area contributed by atoms with E-state index in [2.05, 4.69) is 15.6 Å². The molecule has 1 saturated heterocycles. The highest BCUT2D eigenvalue weighted by Crippen LogP contribution is 2.29. The normalized spacial score (nSPS) is 18.7. The van der Waals surface area contributed by atoms with Crippen molar-refractivity contribution in [1.82, 2.24) is 10.6 Å². The third-order valence-corrected chi connectivity index (χ3v) is 3.80. The minimum atomic E-state index is -4.33. The fourth-order valence-electron chi connectivity index (χ4n) is 2.58. The number of rotatable bonds is 6. The first-order chi connectivity index (χ1) is 11.5. The number of ether oxygens (including phenoxy) is 1. The topological polar surface area (TPSA) is 45.7 Å². The molecule has 0 saturated carbocycles. The van der Waals surface area contributed by atoms with Crippen LogP contribution in [-0.2, 0) is 17.5 Å². The van der Waals surface area contributed by atoms with Gasteiger partial charge in [-0.1, -0.05) is 12.1 Å². The highest BCUT2D eigenvalue weighted by molar-refractivity contribution is 5.79. The Labute approximate surface area is 140 Å². The van der Waals surface area contributed by atoms with Crippen LogP contribution in [0.5, 0.6) is 0 Å². The van der Waals surface area contributed by atoms with Crippen molar-refractivity contribution in [2.75, 3.05) is 19.7 Å². The molecule has 0 radical (unpaired) electrons. The lowest BCUT2D eigenvalue weighted by molar-refractivity contribution is -0.137. The Morgan fingerprint density at radius 2 is 2.17 bits per heavy atom. The average Bonchev–Trinajstić information content (AvgIpc) is 3.05. The fourth-order valence-corrected chi connectivity index (χ4v) is 2.58. The van der Waals surface area contributed by atoms with Gasteiger partial charge in [-0.25, -0.2) is 4.99 Å². The first kappa shape index (κ1) is 18.6. The van der Waals surface area contributed by atoms with Crippen molar-refractivity contribution in [2.45, 2.75) is 45.0 Å². The molecule has 1 aromatic rings. The van der Waals surface area contributed by atoms with E-state index < -0.39 is 11.7 Å². The molecule has 4 nitrogen and oxygen atoms in total. The van der Waals surface area contributed by atoms with Crippen molar-refractivity contribution in [3.05, 3.63) is 35.4 Å². The van der Waals surface area contributed by atoms with Gasteiger partial charge in [-0.3, -0.25) is 0 Å². The second kappa shape index (κ2) is 8.92. The number of guanidine groups is 1. The summed E-state index contributed by atoms with van der Waals surface area (Å²) >= 11 is 0. The molecule has 1 fully saturated rings. The lowest BCUT2D eigenvalue weighted by atomic mass is 10.1. The largest absolute Gasteiger partial charge is 0.416 e. The van der Waals surface area contributed by atoms with Crippen LogP contribution in [0, 0.1) is 0 Å². The zero-order valence-electron chi connectivity index (χ0n) is 13.8. The van der Waals surface area contributed by atoms with Gasteiger partial charge >= 0.3 is 6.18 Å². The van der Waals surface area contributed by atoms with Gasteiger partial charge in [0.1, 0.15) is 0 Å². The van der Waals surface area contributed by atoms with Crippen LogP contribution in [0.1, 0.15) is 37.3 Å². The van der Waals surface area contributed by atoms with Gasteiger partial charge < -0.3 is 15.4 Å². The van der Waals surface area contributed by atoms with E-state index in [4.69, 9.17) is 4.74 Å². The molecule has 1 heterocycles. The second-order valence-corrected chi connectivity index (χ2v) is 5.74. The summed E-state index contributed by atoms with van der Waals surface area (Å²) in [7, 11) is 0. The number of nitrogens with one attached hydrogen (secondary N) is 2. The molecule has 0 spiro atoms. The Morgan fingerprint density at radius 1 is 1.33 bits per heavy atom. The predicted octanol–water partition coefficient (Wildman–Crippen LogP) is 3.33. The van der Waals surface area contributed by atoms with Crippen molar-refractivity contribution in [3.8, 4) is 0 Å². The Hall–Kier alpha value is -1.76. The van der Waals surface area contributed by atoms with Crippen LogP contribution in [0.15, 0.2) is 29.3 Å². The first-order valence-corrected chi connectivity index (χ1v) is 8.29. The van der Waals surface area contributed by atoms with E-state index in [9.17, 15) is 13.2 Å². The zero-order valence-corrected chi connectivity index (χ0v) is 13.8. The summed E-state index contributed by atoms with van der Waals surface area (Å²) in [5.41, 5.74) is -0.118. The summed E-state index contributed by atoms with van der Waals surface area (Å²) in [5, 5.41) is 6.30. The molecular formula is C17H24F3N3O. The maximum atomic E-state index is 12.7. The fraction of sp³-hybridized carbons (Fsp3) is 0.588. The minimum absolute atomic E-state index is 0.194. The third-order valence-electron chi connectivity index (χ3n) is 3.80. The molecule has 134 valence electrons. The molecule has 1 aliphatic heterocycles. The maximum Gasteiger partial charge on any atom is 0.416 e. The number of alkyl halides is 3. The minimum Gasteiger partial charge on any atom is -0.378 e. The molecule has 1 atom stereocenters. The number of hydrogen-bond donors (Lipinski definition) is 2. The van der Waals surface area contributed by atoms with Crippen LogP contribution in [0.2, 0.25) is 0 Å². The van der Waals surface area contributed by atoms with E-state index in [-0.39, 0.29) is 6.54 Å². The molecule has 1 aliphatic rings. The van der Waals surface area contributed by atoms with Gasteiger partial charge in [0, 0.05) is 19.7 Å². The van der Waals surface area contributed by atoms with Crippen LogP contribution in [-0.4, -0.2) is 31.8 Å². The lowest BCUT2D eigenvalue weighted by Crippen LogP contribution is -2.38. The molecule has 0 aliphatic carbocycles. The Bertz CT molecular complexity index is 540. The first-order valence-electron chi connectivity index (χ1n) is 8.29. The summed E-state index contributed by atoms with van der Waals surface area (Å²) in [5.74, 6) is 0.605. The number of hydrogen-bond acceptors (Lipinski definition) is 2. The van der Waals surface area contributed by atoms with Crippen molar-refractivity contribution < 1.29 is 17.9 Å². The molecule has 0 amide bonds. The molecule has 1 aromatic carbocycles. The zero-order chi connectivity index (χ0) is 17.4. The van der Waals surface area contributed by atoms with E-state index in [0.717, 1.165) is 44.5 Å².